The number of β-amino-alcohol motifs (C(OH)–C–C–N with tert-alkyl or cyclic N) is 1. The minimum Gasteiger partial charge on any atom is -0.481 e. The number of likely N-dealkylation sites (tertiary alicyclic amines) is 1. The zero-order chi connectivity index (χ0) is 27.1. The van der Waals surface area contributed by atoms with E-state index < -0.39 is 23.1 Å². The van der Waals surface area contributed by atoms with Gasteiger partial charge < -0.3 is 20.2 Å². The van der Waals surface area contributed by atoms with Crippen LogP contribution in [0, 0.1) is 5.92 Å². The third-order valence-electron chi connectivity index (χ3n) is 7.59. The molecule has 3 aromatic carbocycles. The number of rotatable bonds is 8. The van der Waals surface area contributed by atoms with Crippen LogP contribution in [0.2, 0.25) is 0 Å². The number of carboxylic acids is 1. The molecule has 4 rings (SSSR count). The van der Waals surface area contributed by atoms with Gasteiger partial charge in [-0.2, -0.15) is 0 Å². The summed E-state index contributed by atoms with van der Waals surface area (Å²) in [6.07, 6.45) is 0.980. The molecule has 37 heavy (non-hydrogen) atoms. The summed E-state index contributed by atoms with van der Waals surface area (Å²) in [4.78, 5) is 13.8. The molecule has 0 aromatic heterocycles. The second-order valence-electron chi connectivity index (χ2n) is 10.1. The predicted molar refractivity (Wildman–Crippen MR) is 148 cm³/mol. The number of aliphatic carboxylic acids is 1. The molecule has 1 fully saturated rings. The lowest BCUT2D eigenvalue weighted by atomic mass is 9.72. The maximum absolute atomic E-state index is 12.0. The number of carboxylic acid groups (broad SMARTS) is 1. The highest BCUT2D eigenvalue weighted by Gasteiger charge is 2.41. The minimum absolute atomic E-state index is 0.0678. The Kier molecular flexibility index (Phi) is 9.44. The van der Waals surface area contributed by atoms with Gasteiger partial charge in [0.15, 0.2) is 0 Å². The summed E-state index contributed by atoms with van der Waals surface area (Å²) in [6, 6.07) is 27.0. The fourth-order valence-corrected chi connectivity index (χ4v) is 5.15. The Labute approximate surface area is 220 Å². The molecule has 1 aliphatic rings. The summed E-state index contributed by atoms with van der Waals surface area (Å²) < 4.78 is 0. The van der Waals surface area contributed by atoms with E-state index in [4.69, 9.17) is 0 Å². The third kappa shape index (κ3) is 6.19. The van der Waals surface area contributed by atoms with Crippen LogP contribution in [0.3, 0.4) is 0 Å². The number of aliphatic hydroxyl groups is 2. The Morgan fingerprint density at radius 1 is 0.865 bits per heavy atom. The largest absolute Gasteiger partial charge is 0.481 e. The Hall–Kier alpha value is -3.25. The Morgan fingerprint density at radius 3 is 1.76 bits per heavy atom. The molecule has 0 radical (unpaired) electrons. The zero-order valence-corrected chi connectivity index (χ0v) is 21.9. The summed E-state index contributed by atoms with van der Waals surface area (Å²) >= 11 is 0. The van der Waals surface area contributed by atoms with Crippen LogP contribution in [0.5, 0.6) is 0 Å². The molecule has 3 aromatic rings. The van der Waals surface area contributed by atoms with Gasteiger partial charge in [-0.25, -0.2) is 0 Å². The first-order chi connectivity index (χ1) is 17.7. The maximum Gasteiger partial charge on any atom is 0.313 e. The molecule has 1 unspecified atom stereocenters. The molecule has 1 aliphatic heterocycles. The number of hydrogen-bond acceptors (Lipinski definition) is 4. The number of carbonyl (C=O) groups is 1. The lowest BCUT2D eigenvalue weighted by Gasteiger charge is -2.42. The van der Waals surface area contributed by atoms with E-state index in [2.05, 4.69) is 18.1 Å². The van der Waals surface area contributed by atoms with Crippen LogP contribution in [-0.2, 0) is 15.8 Å². The molecule has 1 saturated heterocycles. The van der Waals surface area contributed by atoms with Crippen LogP contribution in [0.1, 0.15) is 55.0 Å². The standard InChI is InChI=1S/C30H35NO4.C2H4/c1-29(2,28(33)34)23-15-13-22(14-16-23)27(32)21-31-19-17-26(18-20-31)30(35,24-9-5-3-6-10-24)25-11-7-4-8-12-25;1-2/h3-16,26-27,32,35H,17-21H2,1-2H3,(H,33,34);1-2H2. The van der Waals surface area contributed by atoms with Crippen molar-refractivity contribution in [1.29, 1.82) is 0 Å². The van der Waals surface area contributed by atoms with Crippen LogP contribution >= 0.6 is 0 Å². The van der Waals surface area contributed by atoms with E-state index >= 15 is 0 Å². The lowest BCUT2D eigenvalue weighted by molar-refractivity contribution is -0.142. The molecule has 196 valence electrons. The van der Waals surface area contributed by atoms with Crippen molar-refractivity contribution in [1.82, 2.24) is 4.90 Å². The van der Waals surface area contributed by atoms with Crippen LogP contribution in [0.15, 0.2) is 98.1 Å². The summed E-state index contributed by atoms with van der Waals surface area (Å²) in [7, 11) is 0. The van der Waals surface area contributed by atoms with Crippen molar-refractivity contribution in [3.8, 4) is 0 Å². The first-order valence-electron chi connectivity index (χ1n) is 12.8. The monoisotopic (exact) mass is 501 g/mol. The van der Waals surface area contributed by atoms with Crippen molar-refractivity contribution < 1.29 is 20.1 Å². The average molecular weight is 502 g/mol. The topological polar surface area (TPSA) is 81.0 Å². The lowest BCUT2D eigenvalue weighted by Crippen LogP contribution is -2.45. The van der Waals surface area contributed by atoms with Gasteiger partial charge in [0.2, 0.25) is 0 Å². The quantitative estimate of drug-likeness (QED) is 0.354. The molecule has 1 heterocycles. The van der Waals surface area contributed by atoms with Crippen molar-refractivity contribution in [2.75, 3.05) is 19.6 Å². The molecule has 5 heteroatoms. The number of hydrogen-bond donors (Lipinski definition) is 3. The second-order valence-corrected chi connectivity index (χ2v) is 10.1. The van der Waals surface area contributed by atoms with Gasteiger partial charge in [0.25, 0.3) is 0 Å². The van der Waals surface area contributed by atoms with E-state index in [0.29, 0.717) is 12.1 Å². The average Bonchev–Trinajstić information content (AvgIpc) is 2.95. The summed E-state index contributed by atoms with van der Waals surface area (Å²) in [6.45, 7) is 11.4. The van der Waals surface area contributed by atoms with Gasteiger partial charge >= 0.3 is 5.97 Å². The molecule has 0 bridgehead atoms. The van der Waals surface area contributed by atoms with Crippen molar-refractivity contribution >= 4 is 5.97 Å². The van der Waals surface area contributed by atoms with Gasteiger partial charge in [0, 0.05) is 6.54 Å². The number of benzene rings is 3. The molecule has 0 saturated carbocycles. The van der Waals surface area contributed by atoms with Crippen LogP contribution in [0.4, 0.5) is 0 Å². The molecule has 1 atom stereocenters. The normalized spacial score (nSPS) is 15.9. The Morgan fingerprint density at radius 2 is 1.32 bits per heavy atom. The first-order valence-corrected chi connectivity index (χ1v) is 12.8. The maximum atomic E-state index is 12.0. The predicted octanol–water partition coefficient (Wildman–Crippen LogP) is 5.53. The van der Waals surface area contributed by atoms with E-state index in [0.717, 1.165) is 42.6 Å². The van der Waals surface area contributed by atoms with Gasteiger partial charge in [-0.05, 0) is 68.0 Å². The number of aliphatic hydroxyl groups excluding tert-OH is 1. The van der Waals surface area contributed by atoms with E-state index in [1.165, 1.54) is 0 Å². The highest BCUT2D eigenvalue weighted by atomic mass is 16.4. The molecular weight excluding hydrogens is 462 g/mol. The second kappa shape index (κ2) is 12.3. The van der Waals surface area contributed by atoms with Gasteiger partial charge in [-0.3, -0.25) is 4.79 Å². The number of piperidine rings is 1. The van der Waals surface area contributed by atoms with Crippen molar-refractivity contribution in [2.45, 2.75) is 43.8 Å². The van der Waals surface area contributed by atoms with Crippen molar-refractivity contribution in [3.63, 3.8) is 0 Å². The molecule has 3 N–H and O–H groups in total. The molecule has 5 nitrogen and oxygen atoms in total. The summed E-state index contributed by atoms with van der Waals surface area (Å²) in [5, 5.41) is 32.3. The molecule has 0 spiro atoms. The minimum atomic E-state index is -1.06. The highest BCUT2D eigenvalue weighted by molar-refractivity contribution is 5.80. The fourth-order valence-electron chi connectivity index (χ4n) is 5.15. The molecule has 0 aliphatic carbocycles. The molecular formula is C32H39NO4. The van der Waals surface area contributed by atoms with Crippen molar-refractivity contribution in [3.05, 3.63) is 120 Å². The Bertz CT molecular complexity index is 1080. The van der Waals surface area contributed by atoms with Gasteiger partial charge in [0.1, 0.15) is 5.60 Å². The van der Waals surface area contributed by atoms with Crippen LogP contribution in [0.25, 0.3) is 0 Å². The van der Waals surface area contributed by atoms with Crippen LogP contribution < -0.4 is 0 Å². The smallest absolute Gasteiger partial charge is 0.313 e. The zero-order valence-electron chi connectivity index (χ0n) is 21.9. The van der Waals surface area contributed by atoms with Gasteiger partial charge in [-0.15, -0.1) is 13.2 Å². The van der Waals surface area contributed by atoms with Crippen LogP contribution in [-0.4, -0.2) is 45.8 Å². The molecule has 0 amide bonds. The summed E-state index contributed by atoms with van der Waals surface area (Å²) in [5.41, 5.74) is 1.28. The van der Waals surface area contributed by atoms with Gasteiger partial charge in [-0.1, -0.05) is 84.9 Å². The fraction of sp³-hybridized carbons (Fsp3) is 0.344. The van der Waals surface area contributed by atoms with Gasteiger partial charge in [0.05, 0.1) is 11.5 Å². The highest BCUT2D eigenvalue weighted by Crippen LogP contribution is 2.42. The van der Waals surface area contributed by atoms with E-state index in [-0.39, 0.29) is 5.92 Å². The Balaban J connectivity index is 0.00000186. The van der Waals surface area contributed by atoms with E-state index in [1.54, 1.807) is 26.0 Å². The summed E-state index contributed by atoms with van der Waals surface area (Å²) in [5.74, 6) is -0.808. The van der Waals surface area contributed by atoms with Crippen molar-refractivity contribution in [2.24, 2.45) is 5.92 Å². The number of nitrogens with zero attached hydrogens (tertiary/aromatic N) is 1. The first kappa shape index (κ1) is 28.3. The van der Waals surface area contributed by atoms with E-state index in [1.807, 2.05) is 72.8 Å². The third-order valence-corrected chi connectivity index (χ3v) is 7.59. The van der Waals surface area contributed by atoms with E-state index in [9.17, 15) is 20.1 Å². The SMILES string of the molecule is C=C.CC(C)(C(=O)O)c1ccc(C(O)CN2CCC(C(O)(c3ccccc3)c3ccccc3)CC2)cc1.